The zero-order valence-corrected chi connectivity index (χ0v) is 10.9. The van der Waals surface area contributed by atoms with Crippen LogP contribution in [0.5, 0.6) is 0 Å². The van der Waals surface area contributed by atoms with Crippen molar-refractivity contribution >= 4 is 0 Å². The fourth-order valence-corrected chi connectivity index (χ4v) is 1.98. The maximum absolute atomic E-state index is 4.51. The van der Waals surface area contributed by atoms with Crippen molar-refractivity contribution in [2.24, 2.45) is 7.05 Å². The van der Waals surface area contributed by atoms with Gasteiger partial charge in [-0.05, 0) is 27.0 Å². The topological polar surface area (TPSA) is 47.7 Å². The molecule has 2 rings (SSSR count). The number of aryl methyl sites for hydroxylation is 3. The van der Waals surface area contributed by atoms with Crippen LogP contribution in [0.3, 0.4) is 0 Å². The first-order valence-electron chi connectivity index (χ1n) is 5.77. The van der Waals surface area contributed by atoms with Crippen molar-refractivity contribution in [2.75, 3.05) is 7.05 Å². The fraction of sp³-hybridized carbons (Fsp3) is 0.500. The summed E-state index contributed by atoms with van der Waals surface area (Å²) in [5, 5.41) is 12.0. The van der Waals surface area contributed by atoms with E-state index in [1.807, 2.05) is 37.3 Å². The predicted octanol–water partition coefficient (Wildman–Crippen LogP) is 1.00. The monoisotopic (exact) mass is 233 g/mol. The lowest BCUT2D eigenvalue weighted by Gasteiger charge is -2.01. The highest BCUT2D eigenvalue weighted by molar-refractivity contribution is 5.16. The lowest BCUT2D eigenvalue weighted by Crippen LogP contribution is -2.06. The van der Waals surface area contributed by atoms with Crippen LogP contribution in [0.4, 0.5) is 0 Å². The van der Waals surface area contributed by atoms with Crippen molar-refractivity contribution in [1.82, 2.24) is 24.9 Å². The van der Waals surface area contributed by atoms with Gasteiger partial charge in [-0.25, -0.2) is 0 Å². The largest absolute Gasteiger partial charge is 0.316 e. The third-order valence-electron chi connectivity index (χ3n) is 2.84. The van der Waals surface area contributed by atoms with Gasteiger partial charge in [-0.1, -0.05) is 0 Å². The molecule has 0 aliphatic rings. The van der Waals surface area contributed by atoms with Crippen LogP contribution < -0.4 is 5.32 Å². The van der Waals surface area contributed by atoms with Gasteiger partial charge in [-0.3, -0.25) is 9.36 Å². The molecule has 17 heavy (non-hydrogen) atoms. The average molecular weight is 233 g/mol. The third-order valence-corrected chi connectivity index (χ3v) is 2.84. The summed E-state index contributed by atoms with van der Waals surface area (Å²) in [5.41, 5.74) is 4.53. The molecule has 0 aliphatic heterocycles. The van der Waals surface area contributed by atoms with Crippen LogP contribution in [0.2, 0.25) is 0 Å². The molecule has 0 amide bonds. The second kappa shape index (κ2) is 4.71. The maximum atomic E-state index is 4.51. The summed E-state index contributed by atoms with van der Waals surface area (Å²) in [6, 6.07) is 2.09. The van der Waals surface area contributed by atoms with E-state index in [1.165, 1.54) is 11.3 Å². The van der Waals surface area contributed by atoms with Crippen molar-refractivity contribution in [3.8, 4) is 0 Å². The van der Waals surface area contributed by atoms with Gasteiger partial charge >= 0.3 is 0 Å². The highest BCUT2D eigenvalue weighted by Crippen LogP contribution is 2.08. The zero-order chi connectivity index (χ0) is 12.4. The molecule has 0 aromatic carbocycles. The molecule has 0 bridgehead atoms. The van der Waals surface area contributed by atoms with E-state index in [-0.39, 0.29) is 0 Å². The SMILES string of the molecule is CNCc1cn(Cc2cc(C)nn2C)nc1C. The molecule has 2 aromatic rings. The Morgan fingerprint density at radius 3 is 2.65 bits per heavy atom. The van der Waals surface area contributed by atoms with E-state index in [0.717, 1.165) is 24.5 Å². The zero-order valence-electron chi connectivity index (χ0n) is 10.9. The van der Waals surface area contributed by atoms with Gasteiger partial charge in [0.25, 0.3) is 0 Å². The maximum Gasteiger partial charge on any atom is 0.0828 e. The molecule has 0 atom stereocenters. The number of nitrogens with one attached hydrogen (secondary N) is 1. The molecule has 5 heteroatoms. The van der Waals surface area contributed by atoms with Crippen LogP contribution >= 0.6 is 0 Å². The quantitative estimate of drug-likeness (QED) is 0.857. The molecule has 0 fully saturated rings. The van der Waals surface area contributed by atoms with Crippen molar-refractivity contribution in [3.05, 3.63) is 34.9 Å². The highest BCUT2D eigenvalue weighted by Gasteiger charge is 2.07. The Hall–Kier alpha value is -1.62. The Kier molecular flexibility index (Phi) is 3.28. The Labute approximate surface area is 101 Å². The molecule has 1 N–H and O–H groups in total. The molecule has 0 radical (unpaired) electrons. The summed E-state index contributed by atoms with van der Waals surface area (Å²) >= 11 is 0. The van der Waals surface area contributed by atoms with Crippen molar-refractivity contribution < 1.29 is 0 Å². The molecule has 92 valence electrons. The van der Waals surface area contributed by atoms with Gasteiger partial charge in [0.15, 0.2) is 0 Å². The van der Waals surface area contributed by atoms with E-state index < -0.39 is 0 Å². The normalized spacial score (nSPS) is 11.1. The summed E-state index contributed by atoms with van der Waals surface area (Å²) in [6.45, 7) is 5.67. The van der Waals surface area contributed by atoms with Gasteiger partial charge < -0.3 is 5.32 Å². The first-order valence-corrected chi connectivity index (χ1v) is 5.77. The number of rotatable bonds is 4. The van der Waals surface area contributed by atoms with Crippen LogP contribution in [0.15, 0.2) is 12.3 Å². The number of hydrogen-bond donors (Lipinski definition) is 1. The van der Waals surface area contributed by atoms with Crippen molar-refractivity contribution in [2.45, 2.75) is 26.9 Å². The Morgan fingerprint density at radius 2 is 2.06 bits per heavy atom. The predicted molar refractivity (Wildman–Crippen MR) is 66.8 cm³/mol. The Bertz CT molecular complexity index is 509. The molecule has 5 nitrogen and oxygen atoms in total. The minimum Gasteiger partial charge on any atom is -0.316 e. The first-order chi connectivity index (χ1) is 8.10. The molecule has 0 saturated carbocycles. The van der Waals surface area contributed by atoms with Gasteiger partial charge in [-0.15, -0.1) is 0 Å². The van der Waals surface area contributed by atoms with Crippen LogP contribution in [0.25, 0.3) is 0 Å². The van der Waals surface area contributed by atoms with Crippen molar-refractivity contribution in [1.29, 1.82) is 0 Å². The van der Waals surface area contributed by atoms with Gasteiger partial charge in [0, 0.05) is 25.4 Å². The minimum atomic E-state index is 0.766. The summed E-state index contributed by atoms with van der Waals surface area (Å²) in [5.74, 6) is 0. The van der Waals surface area contributed by atoms with Crippen LogP contribution in [0.1, 0.15) is 22.6 Å². The van der Waals surface area contributed by atoms with E-state index in [9.17, 15) is 0 Å². The number of aromatic nitrogens is 4. The van der Waals surface area contributed by atoms with Crippen LogP contribution in [0, 0.1) is 13.8 Å². The second-order valence-corrected chi connectivity index (χ2v) is 4.37. The molecule has 0 unspecified atom stereocenters. The molecule has 0 aliphatic carbocycles. The fourth-order valence-electron chi connectivity index (χ4n) is 1.98. The average Bonchev–Trinajstić information content (AvgIpc) is 2.73. The smallest absolute Gasteiger partial charge is 0.0828 e. The summed E-state index contributed by atoms with van der Waals surface area (Å²) in [4.78, 5) is 0. The molecule has 2 heterocycles. The molecule has 0 spiro atoms. The van der Waals surface area contributed by atoms with Gasteiger partial charge in [-0.2, -0.15) is 10.2 Å². The molecule has 2 aromatic heterocycles. The third kappa shape index (κ3) is 2.55. The summed E-state index contributed by atoms with van der Waals surface area (Å²) < 4.78 is 3.88. The summed E-state index contributed by atoms with van der Waals surface area (Å²) in [7, 11) is 3.91. The highest BCUT2D eigenvalue weighted by atomic mass is 15.3. The number of hydrogen-bond acceptors (Lipinski definition) is 3. The van der Waals surface area contributed by atoms with Gasteiger partial charge in [0.05, 0.1) is 23.6 Å². The minimum absolute atomic E-state index is 0.766. The summed E-state index contributed by atoms with van der Waals surface area (Å²) in [6.07, 6.45) is 2.09. The molecule has 0 saturated heterocycles. The van der Waals surface area contributed by atoms with Gasteiger partial charge in [0.2, 0.25) is 0 Å². The number of nitrogens with zero attached hydrogens (tertiary/aromatic N) is 4. The van der Waals surface area contributed by atoms with Crippen LogP contribution in [-0.4, -0.2) is 26.6 Å². The van der Waals surface area contributed by atoms with E-state index in [0.29, 0.717) is 0 Å². The standard InChI is InChI=1S/C12H19N5/c1-9-5-12(16(4)14-9)8-17-7-11(6-13-3)10(2)15-17/h5,7,13H,6,8H2,1-4H3. The lowest BCUT2D eigenvalue weighted by molar-refractivity contribution is 0.615. The van der Waals surface area contributed by atoms with E-state index in [1.54, 1.807) is 0 Å². The Balaban J connectivity index is 2.18. The van der Waals surface area contributed by atoms with Gasteiger partial charge in [0.1, 0.15) is 0 Å². The molecular formula is C12H19N5. The Morgan fingerprint density at radius 1 is 1.29 bits per heavy atom. The first kappa shape index (κ1) is 11.9. The van der Waals surface area contributed by atoms with Crippen LogP contribution in [-0.2, 0) is 20.1 Å². The van der Waals surface area contributed by atoms with E-state index in [2.05, 4.69) is 27.8 Å². The van der Waals surface area contributed by atoms with Crippen molar-refractivity contribution in [3.63, 3.8) is 0 Å². The lowest BCUT2D eigenvalue weighted by atomic mass is 10.3. The van der Waals surface area contributed by atoms with E-state index >= 15 is 0 Å². The second-order valence-electron chi connectivity index (χ2n) is 4.37. The van der Waals surface area contributed by atoms with E-state index in [4.69, 9.17) is 0 Å². The molecular weight excluding hydrogens is 214 g/mol.